The second-order valence-corrected chi connectivity index (χ2v) is 13.2. The number of anilines is 4. The molecule has 5 aromatic carbocycles. The van der Waals surface area contributed by atoms with Crippen molar-refractivity contribution in [3.63, 3.8) is 0 Å². The van der Waals surface area contributed by atoms with Crippen LogP contribution in [0, 0.1) is 13.8 Å². The van der Waals surface area contributed by atoms with Gasteiger partial charge in [0.2, 0.25) is 6.71 Å². The van der Waals surface area contributed by atoms with Crippen molar-refractivity contribution in [1.82, 2.24) is 0 Å². The van der Waals surface area contributed by atoms with Gasteiger partial charge in [0.25, 0.3) is 0 Å². The summed E-state index contributed by atoms with van der Waals surface area (Å²) >= 11 is 0. The molecule has 1 atom stereocenters. The third-order valence-electron chi connectivity index (χ3n) is 9.95. The molecule has 246 valence electrons. The summed E-state index contributed by atoms with van der Waals surface area (Å²) in [5.74, 6) is 0.195. The molecule has 2 bridgehead atoms. The van der Waals surface area contributed by atoms with Crippen LogP contribution in [0.15, 0.2) is 188 Å². The molecular formula is C46H44BN3. The largest absolute Gasteiger partial charge is 0.362 e. The van der Waals surface area contributed by atoms with E-state index in [4.69, 9.17) is 0 Å². The summed E-state index contributed by atoms with van der Waals surface area (Å²) in [5.41, 5.74) is 14.2. The lowest BCUT2D eigenvalue weighted by atomic mass is 9.30. The summed E-state index contributed by atoms with van der Waals surface area (Å²) in [5, 5.41) is 3.80. The molecule has 2 heterocycles. The van der Waals surface area contributed by atoms with Gasteiger partial charge in [-0.05, 0) is 103 Å². The summed E-state index contributed by atoms with van der Waals surface area (Å²) < 4.78 is 0. The normalized spacial score (nSPS) is 17.6. The first kappa shape index (κ1) is 32.8. The van der Waals surface area contributed by atoms with Crippen LogP contribution in [0.2, 0.25) is 5.82 Å². The maximum absolute atomic E-state index is 4.24. The van der Waals surface area contributed by atoms with Crippen molar-refractivity contribution in [2.24, 2.45) is 0 Å². The smallest absolute Gasteiger partial charge is 0.222 e. The summed E-state index contributed by atoms with van der Waals surface area (Å²) in [7, 11) is 0. The fourth-order valence-electron chi connectivity index (χ4n) is 7.49. The molecule has 0 saturated carbocycles. The fourth-order valence-corrected chi connectivity index (χ4v) is 7.49. The lowest BCUT2D eigenvalue weighted by molar-refractivity contribution is 0.980. The molecule has 3 nitrogen and oxygen atoms in total. The van der Waals surface area contributed by atoms with E-state index >= 15 is 0 Å². The van der Waals surface area contributed by atoms with Crippen molar-refractivity contribution in [1.29, 1.82) is 0 Å². The number of rotatable bonds is 7. The van der Waals surface area contributed by atoms with Crippen LogP contribution >= 0.6 is 0 Å². The third-order valence-corrected chi connectivity index (χ3v) is 9.95. The molecule has 0 fully saturated rings. The maximum Gasteiger partial charge on any atom is 0.222 e. The Balaban J connectivity index is 1.67. The minimum absolute atomic E-state index is 0.0310. The monoisotopic (exact) mass is 649 g/mol. The van der Waals surface area contributed by atoms with Crippen molar-refractivity contribution in [3.8, 4) is 0 Å². The Hall–Kier alpha value is -5.74. The van der Waals surface area contributed by atoms with Gasteiger partial charge in [-0.2, -0.15) is 0 Å². The van der Waals surface area contributed by atoms with Gasteiger partial charge in [0.1, 0.15) is 0 Å². The minimum Gasteiger partial charge on any atom is -0.362 e. The van der Waals surface area contributed by atoms with Gasteiger partial charge in [-0.15, -0.1) is 6.58 Å². The average Bonchev–Trinajstić information content (AvgIpc) is 3.14. The van der Waals surface area contributed by atoms with Gasteiger partial charge in [0, 0.05) is 41.2 Å². The number of nitrogens with one attached hydrogen (secondary N) is 1. The topological polar surface area (TPSA) is 18.5 Å². The highest BCUT2D eigenvalue weighted by molar-refractivity contribution is 6.92. The van der Waals surface area contributed by atoms with Crippen LogP contribution in [0.1, 0.15) is 30.0 Å². The Morgan fingerprint density at radius 2 is 1.44 bits per heavy atom. The van der Waals surface area contributed by atoms with Crippen LogP contribution < -0.4 is 20.6 Å². The summed E-state index contributed by atoms with van der Waals surface area (Å²) in [6.45, 7) is 11.7. The zero-order chi connectivity index (χ0) is 34.5. The summed E-state index contributed by atoms with van der Waals surface area (Å²) in [4.78, 5) is 4.92. The van der Waals surface area contributed by atoms with Crippen molar-refractivity contribution >= 4 is 40.4 Å². The molecule has 4 heteroatoms. The van der Waals surface area contributed by atoms with Crippen molar-refractivity contribution in [2.45, 2.75) is 33.0 Å². The van der Waals surface area contributed by atoms with Crippen molar-refractivity contribution < 1.29 is 0 Å². The maximum atomic E-state index is 4.24. The van der Waals surface area contributed by atoms with Crippen LogP contribution in [0.4, 0.5) is 22.7 Å². The van der Waals surface area contributed by atoms with E-state index in [1.807, 2.05) is 0 Å². The fraction of sp³-hybridized carbons (Fsp3) is 0.130. The van der Waals surface area contributed by atoms with E-state index in [1.165, 1.54) is 33.3 Å². The number of hydrogen-bond donors (Lipinski definition) is 1. The predicted octanol–water partition coefficient (Wildman–Crippen LogP) is 11.0. The molecule has 0 aliphatic carbocycles. The summed E-state index contributed by atoms with van der Waals surface area (Å²) in [6.07, 6.45) is 12.4. The molecule has 50 heavy (non-hydrogen) atoms. The lowest BCUT2D eigenvalue weighted by Gasteiger charge is -2.37. The quantitative estimate of drug-likeness (QED) is 0.140. The van der Waals surface area contributed by atoms with Crippen LogP contribution in [-0.2, 0) is 0 Å². The van der Waals surface area contributed by atoms with E-state index in [1.54, 1.807) is 0 Å². The van der Waals surface area contributed by atoms with Crippen LogP contribution in [0.5, 0.6) is 0 Å². The molecule has 1 unspecified atom stereocenters. The van der Waals surface area contributed by atoms with Gasteiger partial charge < -0.3 is 15.1 Å². The molecule has 1 N–H and O–H groups in total. The van der Waals surface area contributed by atoms with E-state index in [0.717, 1.165) is 47.0 Å². The van der Waals surface area contributed by atoms with Crippen molar-refractivity contribution in [2.75, 3.05) is 21.7 Å². The highest BCUT2D eigenvalue weighted by atomic mass is 15.2. The van der Waals surface area contributed by atoms with Gasteiger partial charge in [-0.1, -0.05) is 121 Å². The van der Waals surface area contributed by atoms with Crippen LogP contribution in [0.3, 0.4) is 0 Å². The zero-order valence-electron chi connectivity index (χ0n) is 29.3. The number of fused-ring (bicyclic) bond motifs is 3. The Labute approximate surface area is 298 Å². The predicted molar refractivity (Wildman–Crippen MR) is 217 cm³/mol. The first-order chi connectivity index (χ1) is 24.5. The van der Waals surface area contributed by atoms with Gasteiger partial charge in [-0.3, -0.25) is 0 Å². The van der Waals surface area contributed by atoms with Gasteiger partial charge in [-0.25, -0.2) is 0 Å². The van der Waals surface area contributed by atoms with Crippen LogP contribution in [-0.4, -0.2) is 13.3 Å². The highest BCUT2D eigenvalue weighted by Crippen LogP contribution is 2.42. The SMILES string of the molecule is C=CCC1/C=C\CN(c2ccccc2)C2=C(c3ccccc3C)B1c1ccccc1N/C=C(\C)C(N(c1ccccc1)c1ccccc1C)=C2. The third kappa shape index (κ3) is 6.49. The molecular weight excluding hydrogens is 605 g/mol. The molecule has 0 aromatic heterocycles. The first-order valence-corrected chi connectivity index (χ1v) is 17.6. The van der Waals surface area contributed by atoms with Gasteiger partial charge in [0.15, 0.2) is 0 Å². The van der Waals surface area contributed by atoms with E-state index in [2.05, 4.69) is 206 Å². The molecule has 0 amide bonds. The van der Waals surface area contributed by atoms with Crippen molar-refractivity contribution in [3.05, 3.63) is 204 Å². The molecule has 2 aliphatic heterocycles. The second-order valence-electron chi connectivity index (χ2n) is 13.2. The number of allylic oxidation sites excluding steroid dienone is 4. The van der Waals surface area contributed by atoms with E-state index in [-0.39, 0.29) is 12.5 Å². The molecule has 5 aromatic rings. The van der Waals surface area contributed by atoms with E-state index < -0.39 is 0 Å². The molecule has 0 spiro atoms. The number of nitrogens with zero attached hydrogens (tertiary/aromatic N) is 2. The Bertz CT molecular complexity index is 2110. The highest BCUT2D eigenvalue weighted by Gasteiger charge is 2.37. The number of aryl methyl sites for hydroxylation is 2. The lowest BCUT2D eigenvalue weighted by Crippen LogP contribution is -2.41. The average molecular weight is 650 g/mol. The van der Waals surface area contributed by atoms with E-state index in [9.17, 15) is 0 Å². The molecule has 2 aliphatic rings. The first-order valence-electron chi connectivity index (χ1n) is 17.6. The number of benzene rings is 5. The second kappa shape index (κ2) is 14.8. The standard InChI is InChI=1S/C46H44BN3/c1-5-19-37-22-18-31-49(38-23-8-6-9-24-38)45-32-44(50(39-25-10-7-11-26-39)43-30-17-13-21-35(43)3)36(4)33-48-42-29-16-15-28-41(42)47(37)46(45)40-27-14-12-20-34(40)2/h5-18,20-30,32-33,37,48H,1,19,31H2,2-4H3/b22-18-,36-33+,44-32?,46-45?. The number of para-hydroxylation sites is 4. The van der Waals surface area contributed by atoms with Crippen LogP contribution in [0.25, 0.3) is 5.47 Å². The zero-order valence-corrected chi connectivity index (χ0v) is 29.3. The van der Waals surface area contributed by atoms with E-state index in [0.29, 0.717) is 0 Å². The Morgan fingerprint density at radius 3 is 2.18 bits per heavy atom. The molecule has 0 saturated heterocycles. The molecule has 7 rings (SSSR count). The summed E-state index contributed by atoms with van der Waals surface area (Å²) in [6, 6.07) is 48.0. The Morgan fingerprint density at radius 1 is 0.780 bits per heavy atom. The number of hydrogen-bond acceptors (Lipinski definition) is 3. The minimum atomic E-state index is 0.0310. The Kier molecular flexibility index (Phi) is 9.71. The van der Waals surface area contributed by atoms with Gasteiger partial charge in [0.05, 0.1) is 5.70 Å². The van der Waals surface area contributed by atoms with Gasteiger partial charge >= 0.3 is 0 Å². The molecule has 0 radical (unpaired) electrons.